The minimum Gasteiger partial charge on any atom is -0.393 e. The minimum atomic E-state index is -0.835. The molecule has 0 aliphatic rings. The van der Waals surface area contributed by atoms with Gasteiger partial charge in [-0.1, -0.05) is 54.6 Å². The zero-order valence-corrected chi connectivity index (χ0v) is 17.7. The van der Waals surface area contributed by atoms with Crippen LogP contribution in [0.3, 0.4) is 0 Å². The van der Waals surface area contributed by atoms with E-state index < -0.39 is 11.6 Å². The Morgan fingerprint density at radius 1 is 0.968 bits per heavy atom. The molecule has 2 aromatic carbocycles. The lowest BCUT2D eigenvalue weighted by molar-refractivity contribution is 0.182. The molecule has 1 aromatic heterocycles. The van der Waals surface area contributed by atoms with Gasteiger partial charge in [0.05, 0.1) is 11.8 Å². The molecule has 0 aliphatic heterocycles. The number of aromatic nitrogens is 1. The molecule has 1 N–H and O–H groups in total. The molecule has 4 heteroatoms. The van der Waals surface area contributed by atoms with Gasteiger partial charge >= 0.3 is 0 Å². The highest BCUT2D eigenvalue weighted by Gasteiger charge is 2.14. The Kier molecular flexibility index (Phi) is 7.85. The fourth-order valence-electron chi connectivity index (χ4n) is 3.38. The van der Waals surface area contributed by atoms with E-state index in [-0.39, 0.29) is 11.7 Å². The summed E-state index contributed by atoms with van der Waals surface area (Å²) in [6.07, 6.45) is 10.1. The second-order valence-corrected chi connectivity index (χ2v) is 7.62. The summed E-state index contributed by atoms with van der Waals surface area (Å²) in [4.78, 5) is 4.47. The second-order valence-electron chi connectivity index (χ2n) is 7.62. The van der Waals surface area contributed by atoms with E-state index in [1.165, 1.54) is 0 Å². The number of pyridine rings is 1. The summed E-state index contributed by atoms with van der Waals surface area (Å²) in [6, 6.07) is 14.5. The smallest absolute Gasteiger partial charge is 0.166 e. The third kappa shape index (κ3) is 5.96. The maximum absolute atomic E-state index is 14.5. The third-order valence-electron chi connectivity index (χ3n) is 5.12. The first-order chi connectivity index (χ1) is 15.0. The molecule has 1 unspecified atom stereocenters. The summed E-state index contributed by atoms with van der Waals surface area (Å²) in [5, 5.41) is 9.27. The Morgan fingerprint density at radius 3 is 2.32 bits per heavy atom. The summed E-state index contributed by atoms with van der Waals surface area (Å²) in [7, 11) is 0. The molecule has 3 aromatic rings. The monoisotopic (exact) mass is 419 g/mol. The number of aliphatic hydroxyl groups excluding tert-OH is 1. The molecular formula is C27H27F2NO. The molecule has 3 rings (SSSR count). The van der Waals surface area contributed by atoms with E-state index in [0.717, 1.165) is 36.1 Å². The number of hydrogen-bond donors (Lipinski definition) is 1. The van der Waals surface area contributed by atoms with Gasteiger partial charge in [-0.2, -0.15) is 0 Å². The van der Waals surface area contributed by atoms with Crippen molar-refractivity contribution >= 4 is 6.08 Å². The van der Waals surface area contributed by atoms with E-state index in [1.807, 2.05) is 30.3 Å². The Balaban J connectivity index is 1.70. The Bertz CT molecular complexity index is 1040. The summed E-state index contributed by atoms with van der Waals surface area (Å²) in [6.45, 7) is 5.37. The van der Waals surface area contributed by atoms with Crippen LogP contribution in [0.15, 0.2) is 73.5 Å². The second kappa shape index (κ2) is 10.8. The Labute approximate surface area is 182 Å². The Hall–Kier alpha value is -3.11. The fourth-order valence-corrected chi connectivity index (χ4v) is 3.38. The molecule has 2 nitrogen and oxygen atoms in total. The van der Waals surface area contributed by atoms with Crippen molar-refractivity contribution in [3.63, 3.8) is 0 Å². The molecule has 0 aliphatic carbocycles. The van der Waals surface area contributed by atoms with Crippen LogP contribution in [0.2, 0.25) is 0 Å². The zero-order valence-electron chi connectivity index (χ0n) is 17.7. The number of rotatable bonds is 9. The molecule has 1 heterocycles. The van der Waals surface area contributed by atoms with Gasteiger partial charge in [0, 0.05) is 17.3 Å². The third-order valence-corrected chi connectivity index (χ3v) is 5.12. The number of nitrogens with zero attached hydrogens (tertiary/aromatic N) is 1. The quantitative estimate of drug-likeness (QED) is 0.300. The van der Waals surface area contributed by atoms with Crippen LogP contribution in [0.25, 0.3) is 28.3 Å². The molecular weight excluding hydrogens is 392 g/mol. The van der Waals surface area contributed by atoms with Crippen LogP contribution in [0.4, 0.5) is 8.78 Å². The van der Waals surface area contributed by atoms with Crippen molar-refractivity contribution in [1.29, 1.82) is 0 Å². The predicted octanol–water partition coefficient (Wildman–Crippen LogP) is 6.99. The molecule has 160 valence electrons. The highest BCUT2D eigenvalue weighted by atomic mass is 19.2. The van der Waals surface area contributed by atoms with E-state index in [1.54, 1.807) is 43.5 Å². The lowest BCUT2D eigenvalue weighted by Crippen LogP contribution is -1.97. The standard InChI is InChI=1S/C27H27F2NO/c1-3-7-22-15-17-25(27(29)26(22)28)21-12-10-20(11-13-21)23-14-16-24(30-18-23)9-6-4-5-8-19(2)31/h3,6,9-19,31H,1,4-5,7-8H2,2H3. The van der Waals surface area contributed by atoms with Crippen LogP contribution in [0.5, 0.6) is 0 Å². The van der Waals surface area contributed by atoms with E-state index in [9.17, 15) is 13.9 Å². The summed E-state index contributed by atoms with van der Waals surface area (Å²) < 4.78 is 28.7. The molecule has 0 saturated carbocycles. The van der Waals surface area contributed by atoms with Crippen LogP contribution >= 0.6 is 0 Å². The number of halogens is 2. The average Bonchev–Trinajstić information content (AvgIpc) is 2.77. The summed E-state index contributed by atoms with van der Waals surface area (Å²) in [5.74, 6) is -1.65. The largest absolute Gasteiger partial charge is 0.393 e. The Morgan fingerprint density at radius 2 is 1.68 bits per heavy atom. The van der Waals surface area contributed by atoms with E-state index in [0.29, 0.717) is 17.5 Å². The number of allylic oxidation sites excluding steroid dienone is 2. The van der Waals surface area contributed by atoms with Crippen LogP contribution in [-0.2, 0) is 6.42 Å². The van der Waals surface area contributed by atoms with Gasteiger partial charge in [0.25, 0.3) is 0 Å². The topological polar surface area (TPSA) is 33.1 Å². The highest BCUT2D eigenvalue weighted by Crippen LogP contribution is 2.29. The maximum atomic E-state index is 14.5. The first-order valence-electron chi connectivity index (χ1n) is 10.5. The number of benzene rings is 2. The number of hydrogen-bond acceptors (Lipinski definition) is 2. The van der Waals surface area contributed by atoms with Crippen LogP contribution in [0, 0.1) is 11.6 Å². The van der Waals surface area contributed by atoms with Gasteiger partial charge in [-0.3, -0.25) is 4.98 Å². The summed E-state index contributed by atoms with van der Waals surface area (Å²) >= 11 is 0. The molecule has 31 heavy (non-hydrogen) atoms. The first-order valence-corrected chi connectivity index (χ1v) is 10.5. The van der Waals surface area contributed by atoms with Crippen LogP contribution in [0.1, 0.15) is 37.4 Å². The SMILES string of the molecule is C=CCc1ccc(-c2ccc(-c3ccc(C=CCCCC(C)O)nc3)cc2)c(F)c1F. The van der Waals surface area contributed by atoms with Gasteiger partial charge in [0.1, 0.15) is 0 Å². The lowest BCUT2D eigenvalue weighted by atomic mass is 9.98. The van der Waals surface area contributed by atoms with Gasteiger partial charge in [-0.05, 0) is 61.4 Å². The van der Waals surface area contributed by atoms with E-state index >= 15 is 0 Å². The predicted molar refractivity (Wildman–Crippen MR) is 123 cm³/mol. The molecule has 0 fully saturated rings. The fraction of sp³-hybridized carbons (Fsp3) is 0.222. The van der Waals surface area contributed by atoms with E-state index in [4.69, 9.17) is 0 Å². The van der Waals surface area contributed by atoms with Gasteiger partial charge in [0.2, 0.25) is 0 Å². The van der Waals surface area contributed by atoms with Crippen molar-refractivity contribution in [3.05, 3.63) is 96.4 Å². The number of unbranched alkanes of at least 4 members (excludes halogenated alkanes) is 1. The zero-order chi connectivity index (χ0) is 22.2. The highest BCUT2D eigenvalue weighted by molar-refractivity contribution is 5.71. The van der Waals surface area contributed by atoms with Crippen molar-refractivity contribution in [1.82, 2.24) is 4.98 Å². The molecule has 0 amide bonds. The molecule has 0 spiro atoms. The van der Waals surface area contributed by atoms with Crippen LogP contribution < -0.4 is 0 Å². The average molecular weight is 420 g/mol. The number of aliphatic hydroxyl groups is 1. The molecule has 1 atom stereocenters. The normalized spacial score (nSPS) is 12.3. The lowest BCUT2D eigenvalue weighted by Gasteiger charge is -2.09. The molecule has 0 saturated heterocycles. The maximum Gasteiger partial charge on any atom is 0.166 e. The minimum absolute atomic E-state index is 0.242. The van der Waals surface area contributed by atoms with Crippen LogP contribution in [-0.4, -0.2) is 16.2 Å². The molecule has 0 radical (unpaired) electrons. The first kappa shape index (κ1) is 22.6. The van der Waals surface area contributed by atoms with Gasteiger partial charge < -0.3 is 5.11 Å². The van der Waals surface area contributed by atoms with Gasteiger partial charge in [0.15, 0.2) is 11.6 Å². The van der Waals surface area contributed by atoms with E-state index in [2.05, 4.69) is 17.6 Å². The van der Waals surface area contributed by atoms with Gasteiger partial charge in [-0.15, -0.1) is 6.58 Å². The van der Waals surface area contributed by atoms with Gasteiger partial charge in [-0.25, -0.2) is 8.78 Å². The van der Waals surface area contributed by atoms with Crippen molar-refractivity contribution in [2.24, 2.45) is 0 Å². The van der Waals surface area contributed by atoms with Crippen molar-refractivity contribution < 1.29 is 13.9 Å². The van der Waals surface area contributed by atoms with Crippen molar-refractivity contribution in [2.45, 2.75) is 38.7 Å². The van der Waals surface area contributed by atoms with Crippen molar-refractivity contribution in [2.75, 3.05) is 0 Å². The molecule has 0 bridgehead atoms. The summed E-state index contributed by atoms with van der Waals surface area (Å²) in [5.41, 5.74) is 3.94. The van der Waals surface area contributed by atoms with Crippen molar-refractivity contribution in [3.8, 4) is 22.3 Å².